The molecule has 1 saturated carbocycles. The third-order valence-corrected chi connectivity index (χ3v) is 5.12. The predicted molar refractivity (Wildman–Crippen MR) is 62.2 cm³/mol. The second-order valence-electron chi connectivity index (χ2n) is 4.57. The fourth-order valence-corrected chi connectivity index (χ4v) is 3.75. The van der Waals surface area contributed by atoms with Crippen LogP contribution in [-0.2, 0) is 0 Å². The molecule has 1 aliphatic carbocycles. The molecule has 0 saturated heterocycles. The van der Waals surface area contributed by atoms with Gasteiger partial charge in [0.1, 0.15) is 0 Å². The van der Waals surface area contributed by atoms with Gasteiger partial charge in [-0.2, -0.15) is 11.8 Å². The Morgan fingerprint density at radius 2 is 2.00 bits per heavy atom. The smallest absolute Gasteiger partial charge is 0.00932 e. The van der Waals surface area contributed by atoms with Gasteiger partial charge in [0.2, 0.25) is 0 Å². The molecule has 72 valence electrons. The molecule has 1 fully saturated rings. The highest BCUT2D eigenvalue weighted by atomic mass is 79.9. The zero-order chi connectivity index (χ0) is 9.24. The monoisotopic (exact) mass is 250 g/mol. The predicted octanol–water partition coefficient (Wildman–Crippen LogP) is 3.94. The van der Waals surface area contributed by atoms with Gasteiger partial charge in [0.05, 0.1) is 0 Å². The molecule has 0 spiro atoms. The summed E-state index contributed by atoms with van der Waals surface area (Å²) in [6, 6.07) is 0. The topological polar surface area (TPSA) is 0 Å². The molecule has 0 nitrogen and oxygen atoms in total. The lowest BCUT2D eigenvalue weighted by molar-refractivity contribution is 0.397. The molecule has 1 unspecified atom stereocenters. The van der Waals surface area contributed by atoms with E-state index in [0.29, 0.717) is 10.8 Å². The Hall–Kier alpha value is 0.830. The van der Waals surface area contributed by atoms with E-state index in [9.17, 15) is 0 Å². The van der Waals surface area contributed by atoms with Gasteiger partial charge in [-0.05, 0) is 42.1 Å². The lowest BCUT2D eigenvalue weighted by Gasteiger charge is -2.16. The van der Waals surface area contributed by atoms with Gasteiger partial charge < -0.3 is 0 Å². The molecule has 0 aromatic heterocycles. The molecule has 0 aromatic carbocycles. The Labute approximate surface area is 89.0 Å². The Bertz CT molecular complexity index is 156. The van der Waals surface area contributed by atoms with Crippen molar-refractivity contribution in [2.24, 2.45) is 10.8 Å². The largest absolute Gasteiger partial charge is 0.165 e. The van der Waals surface area contributed by atoms with E-state index in [4.69, 9.17) is 0 Å². The fourth-order valence-electron chi connectivity index (χ4n) is 2.08. The van der Waals surface area contributed by atoms with Gasteiger partial charge in [-0.1, -0.05) is 29.8 Å². The van der Waals surface area contributed by atoms with E-state index in [-0.39, 0.29) is 0 Å². The third kappa shape index (κ3) is 2.01. The van der Waals surface area contributed by atoms with E-state index in [2.05, 4.69) is 36.0 Å². The summed E-state index contributed by atoms with van der Waals surface area (Å²) in [6.45, 7) is 4.79. The van der Waals surface area contributed by atoms with Crippen molar-refractivity contribution in [1.29, 1.82) is 0 Å². The highest BCUT2D eigenvalue weighted by Crippen LogP contribution is 2.66. The van der Waals surface area contributed by atoms with Crippen molar-refractivity contribution >= 4 is 27.7 Å². The maximum Gasteiger partial charge on any atom is 0.00932 e. The van der Waals surface area contributed by atoms with E-state index >= 15 is 0 Å². The van der Waals surface area contributed by atoms with E-state index < -0.39 is 0 Å². The van der Waals surface area contributed by atoms with Gasteiger partial charge in [-0.3, -0.25) is 0 Å². The highest BCUT2D eigenvalue weighted by molar-refractivity contribution is 9.09. The van der Waals surface area contributed by atoms with Crippen LogP contribution in [0.15, 0.2) is 0 Å². The van der Waals surface area contributed by atoms with Gasteiger partial charge >= 0.3 is 0 Å². The van der Waals surface area contributed by atoms with Crippen molar-refractivity contribution in [2.45, 2.75) is 33.1 Å². The summed E-state index contributed by atoms with van der Waals surface area (Å²) in [5.41, 5.74) is 1.25. The maximum atomic E-state index is 3.65. The maximum absolute atomic E-state index is 3.65. The summed E-state index contributed by atoms with van der Waals surface area (Å²) >= 11 is 5.62. The van der Waals surface area contributed by atoms with Crippen LogP contribution in [0, 0.1) is 10.8 Å². The van der Waals surface area contributed by atoms with Crippen molar-refractivity contribution in [1.82, 2.24) is 0 Å². The van der Waals surface area contributed by atoms with Crippen LogP contribution < -0.4 is 0 Å². The first-order valence-corrected chi connectivity index (χ1v) is 7.14. The first kappa shape index (κ1) is 10.9. The standard InChI is InChI=1S/C10H19BrS/c1-9(2)7-10(9,8-11)5-4-6-12-3/h4-8H2,1-3H3. The van der Waals surface area contributed by atoms with Crippen LogP contribution in [0.2, 0.25) is 0 Å². The van der Waals surface area contributed by atoms with E-state index in [1.807, 2.05) is 11.8 Å². The van der Waals surface area contributed by atoms with Crippen LogP contribution in [0.25, 0.3) is 0 Å². The second-order valence-corrected chi connectivity index (χ2v) is 6.12. The fraction of sp³-hybridized carbons (Fsp3) is 1.00. The lowest BCUT2D eigenvalue weighted by Crippen LogP contribution is -2.10. The summed E-state index contributed by atoms with van der Waals surface area (Å²) in [5, 5.41) is 1.20. The number of thioether (sulfide) groups is 1. The number of alkyl halides is 1. The van der Waals surface area contributed by atoms with Crippen molar-refractivity contribution < 1.29 is 0 Å². The molecule has 12 heavy (non-hydrogen) atoms. The Morgan fingerprint density at radius 1 is 1.42 bits per heavy atom. The Morgan fingerprint density at radius 3 is 2.33 bits per heavy atom. The van der Waals surface area contributed by atoms with Gasteiger partial charge in [0, 0.05) is 5.33 Å². The average molecular weight is 251 g/mol. The van der Waals surface area contributed by atoms with Crippen molar-refractivity contribution in [3.05, 3.63) is 0 Å². The van der Waals surface area contributed by atoms with Crippen molar-refractivity contribution in [3.63, 3.8) is 0 Å². The molecule has 1 atom stereocenters. The molecule has 0 radical (unpaired) electrons. The molecule has 0 heterocycles. The molecule has 2 heteroatoms. The van der Waals surface area contributed by atoms with Crippen molar-refractivity contribution in [3.8, 4) is 0 Å². The van der Waals surface area contributed by atoms with E-state index in [1.165, 1.54) is 30.3 Å². The first-order chi connectivity index (χ1) is 5.58. The average Bonchev–Trinajstić information content (AvgIpc) is 2.55. The van der Waals surface area contributed by atoms with Gasteiger partial charge in [0.25, 0.3) is 0 Å². The Balaban J connectivity index is 2.30. The van der Waals surface area contributed by atoms with Crippen LogP contribution in [0.4, 0.5) is 0 Å². The number of halogens is 1. The molecule has 1 rings (SSSR count). The van der Waals surface area contributed by atoms with Gasteiger partial charge in [-0.25, -0.2) is 0 Å². The SMILES string of the molecule is CSCCCC1(CBr)CC1(C)C. The summed E-state index contributed by atoms with van der Waals surface area (Å²) in [4.78, 5) is 0. The van der Waals surface area contributed by atoms with Crippen molar-refractivity contribution in [2.75, 3.05) is 17.3 Å². The number of hydrogen-bond donors (Lipinski definition) is 0. The normalized spacial score (nSPS) is 32.0. The minimum Gasteiger partial charge on any atom is -0.165 e. The van der Waals surface area contributed by atoms with Crippen LogP contribution in [-0.4, -0.2) is 17.3 Å². The summed E-state index contributed by atoms with van der Waals surface area (Å²) in [5.74, 6) is 1.32. The molecular formula is C10H19BrS. The quantitative estimate of drug-likeness (QED) is 0.526. The summed E-state index contributed by atoms with van der Waals surface area (Å²) in [7, 11) is 0. The molecule has 0 N–H and O–H groups in total. The van der Waals surface area contributed by atoms with E-state index in [0.717, 1.165) is 0 Å². The van der Waals surface area contributed by atoms with Crippen LogP contribution in [0.5, 0.6) is 0 Å². The molecule has 1 aliphatic rings. The minimum atomic E-state index is 0.606. The molecule has 0 aromatic rings. The summed E-state index contributed by atoms with van der Waals surface area (Å²) < 4.78 is 0. The molecule has 0 amide bonds. The Kier molecular flexibility index (Phi) is 3.56. The first-order valence-electron chi connectivity index (χ1n) is 4.63. The molecule has 0 bridgehead atoms. The molecule has 0 aliphatic heterocycles. The van der Waals surface area contributed by atoms with Gasteiger partial charge in [0.15, 0.2) is 0 Å². The van der Waals surface area contributed by atoms with Crippen LogP contribution in [0.1, 0.15) is 33.1 Å². The highest BCUT2D eigenvalue weighted by Gasteiger charge is 2.59. The van der Waals surface area contributed by atoms with Crippen LogP contribution in [0.3, 0.4) is 0 Å². The zero-order valence-electron chi connectivity index (χ0n) is 8.32. The number of hydrogen-bond acceptors (Lipinski definition) is 1. The van der Waals surface area contributed by atoms with E-state index in [1.54, 1.807) is 0 Å². The number of rotatable bonds is 5. The minimum absolute atomic E-state index is 0.606. The van der Waals surface area contributed by atoms with Gasteiger partial charge in [-0.15, -0.1) is 0 Å². The second kappa shape index (κ2) is 3.91. The zero-order valence-corrected chi connectivity index (χ0v) is 10.7. The summed E-state index contributed by atoms with van der Waals surface area (Å²) in [6.07, 6.45) is 6.40. The lowest BCUT2D eigenvalue weighted by atomic mass is 9.93. The third-order valence-electron chi connectivity index (χ3n) is 3.35. The molecular weight excluding hydrogens is 232 g/mol. The van der Waals surface area contributed by atoms with Crippen LogP contribution >= 0.6 is 27.7 Å².